The maximum Gasteiger partial charge on any atom is 0.415 e. The first-order chi connectivity index (χ1) is 17.8. The molecule has 2 amide bonds. The van der Waals surface area contributed by atoms with Gasteiger partial charge in [-0.1, -0.05) is 46.4 Å². The zero-order chi connectivity index (χ0) is 30.3. The molecule has 0 radical (unpaired) electrons. The van der Waals surface area contributed by atoms with Gasteiger partial charge in [0.15, 0.2) is 12.6 Å². The zero-order valence-electron chi connectivity index (χ0n) is 21.9. The SMILES string of the molecule is CC(C)(C)OC(=O)Nc1c(C=O)sc(Cl)c1Cl.COC(=O)CN(C(=O)OC(C)(C)C)c1c(C=O)sc(Cl)c1Cl. The number of esters is 1. The number of hydrogen-bond donors (Lipinski definition) is 1. The van der Waals surface area contributed by atoms with Crippen molar-refractivity contribution in [2.24, 2.45) is 0 Å². The van der Waals surface area contributed by atoms with E-state index in [1.165, 1.54) is 7.11 Å². The van der Waals surface area contributed by atoms with Crippen molar-refractivity contribution in [1.29, 1.82) is 0 Å². The van der Waals surface area contributed by atoms with E-state index >= 15 is 0 Å². The Labute approximate surface area is 253 Å². The Bertz CT molecular complexity index is 1230. The monoisotopic (exact) mass is 662 g/mol. The highest BCUT2D eigenvalue weighted by Gasteiger charge is 2.31. The minimum atomic E-state index is -0.836. The standard InChI is InChI=1S/C13H15Cl2NO5S.C10H11Cl2NO3S/c1-13(2,3)21-12(19)16(5-8(18)20-4)10-7(6-17)22-11(15)9(10)14;1-10(2,3)16-9(15)13-7-5(4-14)17-8(12)6(7)11/h6H,5H2,1-4H3;4H,1-3H3,(H,13,15). The molecule has 0 aliphatic carbocycles. The predicted octanol–water partition coefficient (Wildman–Crippen LogP) is 8.00. The highest BCUT2D eigenvalue weighted by atomic mass is 35.5. The molecule has 0 unspecified atom stereocenters. The number of ether oxygens (including phenoxy) is 3. The maximum absolute atomic E-state index is 12.3. The van der Waals surface area contributed by atoms with E-state index in [0.717, 1.165) is 27.6 Å². The number of aldehydes is 2. The normalized spacial score (nSPS) is 11.1. The van der Waals surface area contributed by atoms with Crippen LogP contribution >= 0.6 is 69.1 Å². The number of nitrogens with one attached hydrogen (secondary N) is 1. The van der Waals surface area contributed by atoms with E-state index in [0.29, 0.717) is 12.6 Å². The highest BCUT2D eigenvalue weighted by molar-refractivity contribution is 7.19. The van der Waals surface area contributed by atoms with Crippen LogP contribution in [0.1, 0.15) is 60.9 Å². The third-order valence-electron chi connectivity index (χ3n) is 3.89. The lowest BCUT2D eigenvalue weighted by Crippen LogP contribution is -2.40. The first-order valence-electron chi connectivity index (χ1n) is 10.8. The summed E-state index contributed by atoms with van der Waals surface area (Å²) in [6.45, 7) is 9.75. The molecule has 216 valence electrons. The molecule has 16 heteroatoms. The summed E-state index contributed by atoms with van der Waals surface area (Å²) in [6, 6.07) is 0. The van der Waals surface area contributed by atoms with Gasteiger partial charge in [-0.25, -0.2) is 9.59 Å². The summed E-state index contributed by atoms with van der Waals surface area (Å²) in [4.78, 5) is 58.6. The summed E-state index contributed by atoms with van der Waals surface area (Å²) in [5.41, 5.74) is -1.20. The van der Waals surface area contributed by atoms with Crippen LogP contribution in [0.2, 0.25) is 18.7 Å². The number of carbonyl (C=O) groups is 5. The lowest BCUT2D eigenvalue weighted by atomic mass is 10.2. The number of anilines is 2. The van der Waals surface area contributed by atoms with Crippen molar-refractivity contribution in [3.63, 3.8) is 0 Å². The fourth-order valence-electron chi connectivity index (χ4n) is 2.47. The van der Waals surface area contributed by atoms with Gasteiger partial charge in [0, 0.05) is 0 Å². The predicted molar refractivity (Wildman–Crippen MR) is 155 cm³/mol. The Morgan fingerprint density at radius 3 is 1.79 bits per heavy atom. The summed E-state index contributed by atoms with van der Waals surface area (Å²) >= 11 is 25.5. The van der Waals surface area contributed by atoms with E-state index in [-0.39, 0.29) is 39.8 Å². The summed E-state index contributed by atoms with van der Waals surface area (Å²) in [5.74, 6) is -0.693. The van der Waals surface area contributed by atoms with Gasteiger partial charge in [-0.2, -0.15) is 0 Å². The van der Waals surface area contributed by atoms with E-state index < -0.39 is 35.9 Å². The number of amides is 2. The Morgan fingerprint density at radius 2 is 1.33 bits per heavy atom. The maximum atomic E-state index is 12.3. The number of nitrogens with zero attached hydrogens (tertiary/aromatic N) is 1. The van der Waals surface area contributed by atoms with Gasteiger partial charge in [-0.3, -0.25) is 24.6 Å². The van der Waals surface area contributed by atoms with Crippen molar-refractivity contribution >= 4 is 111 Å². The van der Waals surface area contributed by atoms with Crippen LogP contribution in [-0.2, 0) is 19.0 Å². The lowest BCUT2D eigenvalue weighted by molar-refractivity contribution is -0.139. The van der Waals surface area contributed by atoms with Crippen LogP contribution in [0.3, 0.4) is 0 Å². The van der Waals surface area contributed by atoms with Gasteiger partial charge < -0.3 is 14.2 Å². The van der Waals surface area contributed by atoms with E-state index in [1.54, 1.807) is 41.5 Å². The van der Waals surface area contributed by atoms with Crippen molar-refractivity contribution in [2.75, 3.05) is 23.9 Å². The molecule has 0 aromatic carbocycles. The number of thiophene rings is 2. The molecule has 0 aliphatic heterocycles. The molecule has 0 spiro atoms. The van der Waals surface area contributed by atoms with Gasteiger partial charge in [0.25, 0.3) is 0 Å². The molecule has 2 heterocycles. The molecule has 0 bridgehead atoms. The van der Waals surface area contributed by atoms with Gasteiger partial charge in [0.2, 0.25) is 0 Å². The third kappa shape index (κ3) is 10.8. The summed E-state index contributed by atoms with van der Waals surface area (Å²) in [7, 11) is 1.18. The second-order valence-corrected chi connectivity index (χ2v) is 13.4. The van der Waals surface area contributed by atoms with E-state index in [9.17, 15) is 24.0 Å². The molecule has 0 saturated heterocycles. The number of halogens is 4. The zero-order valence-corrected chi connectivity index (χ0v) is 26.6. The fourth-order valence-corrected chi connectivity index (χ4v) is 5.28. The van der Waals surface area contributed by atoms with Crippen LogP contribution in [0, 0.1) is 0 Å². The number of rotatable bonds is 6. The van der Waals surface area contributed by atoms with Crippen LogP contribution < -0.4 is 10.2 Å². The van der Waals surface area contributed by atoms with Crippen molar-refractivity contribution in [3.05, 3.63) is 28.5 Å². The van der Waals surface area contributed by atoms with Gasteiger partial charge in [-0.05, 0) is 41.5 Å². The Kier molecular flexibility index (Phi) is 13.0. The Hall–Kier alpha value is -2.09. The largest absolute Gasteiger partial charge is 0.468 e. The van der Waals surface area contributed by atoms with Gasteiger partial charge in [-0.15, -0.1) is 22.7 Å². The minimum Gasteiger partial charge on any atom is -0.468 e. The van der Waals surface area contributed by atoms with E-state index in [2.05, 4.69) is 10.1 Å². The van der Waals surface area contributed by atoms with Crippen LogP contribution in [0.5, 0.6) is 0 Å². The quantitative estimate of drug-likeness (QED) is 0.187. The minimum absolute atomic E-state index is 0.00327. The molecule has 0 atom stereocenters. The van der Waals surface area contributed by atoms with Gasteiger partial charge >= 0.3 is 18.2 Å². The molecule has 0 fully saturated rings. The molecule has 0 saturated carbocycles. The van der Waals surface area contributed by atoms with Crippen LogP contribution in [0.15, 0.2) is 0 Å². The Morgan fingerprint density at radius 1 is 0.846 bits per heavy atom. The van der Waals surface area contributed by atoms with Gasteiger partial charge in [0.05, 0.1) is 38.3 Å². The second-order valence-electron chi connectivity index (χ2n) is 9.34. The number of hydrogen-bond acceptors (Lipinski definition) is 10. The molecular formula is C23H26Cl4N2O8S2. The summed E-state index contributed by atoms with van der Waals surface area (Å²) < 4.78 is 15.2. The molecule has 2 rings (SSSR count). The fraction of sp³-hybridized carbons (Fsp3) is 0.435. The van der Waals surface area contributed by atoms with Crippen molar-refractivity contribution < 1.29 is 38.2 Å². The molecule has 2 aromatic heterocycles. The van der Waals surface area contributed by atoms with Gasteiger partial charge in [0.1, 0.15) is 26.4 Å². The smallest absolute Gasteiger partial charge is 0.415 e. The van der Waals surface area contributed by atoms with Crippen LogP contribution in [0.4, 0.5) is 21.0 Å². The lowest BCUT2D eigenvalue weighted by Gasteiger charge is -2.26. The van der Waals surface area contributed by atoms with Crippen LogP contribution in [-0.4, -0.2) is 55.6 Å². The summed E-state index contributed by atoms with van der Waals surface area (Å²) in [5, 5.41) is 2.56. The number of carbonyl (C=O) groups excluding carboxylic acids is 5. The summed E-state index contributed by atoms with van der Waals surface area (Å²) in [6.07, 6.45) is -0.434. The molecule has 2 aromatic rings. The topological polar surface area (TPSA) is 128 Å². The van der Waals surface area contributed by atoms with Crippen molar-refractivity contribution in [3.8, 4) is 0 Å². The van der Waals surface area contributed by atoms with E-state index in [1.807, 2.05) is 0 Å². The van der Waals surface area contributed by atoms with Crippen molar-refractivity contribution in [2.45, 2.75) is 52.7 Å². The first-order valence-corrected chi connectivity index (χ1v) is 13.9. The van der Waals surface area contributed by atoms with E-state index in [4.69, 9.17) is 55.9 Å². The number of methoxy groups -OCH3 is 1. The highest BCUT2D eigenvalue weighted by Crippen LogP contribution is 2.43. The molecular weight excluding hydrogens is 638 g/mol. The molecule has 0 aliphatic rings. The Balaban J connectivity index is 0.000000403. The average Bonchev–Trinajstić information content (AvgIpc) is 3.24. The molecule has 10 nitrogen and oxygen atoms in total. The average molecular weight is 664 g/mol. The first kappa shape index (κ1) is 34.9. The third-order valence-corrected chi connectivity index (χ3v) is 7.69. The second kappa shape index (κ2) is 14.5. The molecule has 1 N–H and O–H groups in total. The molecule has 39 heavy (non-hydrogen) atoms. The van der Waals surface area contributed by atoms with Crippen molar-refractivity contribution in [1.82, 2.24) is 0 Å². The van der Waals surface area contributed by atoms with Crippen LogP contribution in [0.25, 0.3) is 0 Å².